The Hall–Kier alpha value is -3.23. The summed E-state index contributed by atoms with van der Waals surface area (Å²) in [4.78, 5) is 23.4. The van der Waals surface area contributed by atoms with Crippen LogP contribution in [-0.2, 0) is 4.74 Å². The van der Waals surface area contributed by atoms with Gasteiger partial charge in [0.1, 0.15) is 17.2 Å². The van der Waals surface area contributed by atoms with Crippen LogP contribution in [0.4, 0.5) is 10.2 Å². The molecule has 0 N–H and O–H groups in total. The molecule has 2 aliphatic rings. The lowest BCUT2D eigenvalue weighted by Crippen LogP contribution is -2.31. The molecule has 162 valence electrons. The Balaban J connectivity index is 1.59. The third-order valence-corrected chi connectivity index (χ3v) is 6.71. The van der Waals surface area contributed by atoms with E-state index in [-0.39, 0.29) is 18.1 Å². The van der Waals surface area contributed by atoms with Crippen LogP contribution in [0.5, 0.6) is 5.88 Å². The van der Waals surface area contributed by atoms with Crippen LogP contribution >= 0.6 is 0 Å². The summed E-state index contributed by atoms with van der Waals surface area (Å²) in [5.41, 5.74) is 1.59. The summed E-state index contributed by atoms with van der Waals surface area (Å²) in [5, 5.41) is 4.21. The van der Waals surface area contributed by atoms with Crippen molar-refractivity contribution in [3.63, 3.8) is 0 Å². The molecule has 1 saturated carbocycles. The molecule has 3 unspecified atom stereocenters. The molecule has 0 spiro atoms. The number of hydrogen-bond acceptors (Lipinski definition) is 7. The first kappa shape index (κ1) is 19.7. The number of esters is 1. The van der Waals surface area contributed by atoms with E-state index in [9.17, 15) is 9.18 Å². The number of fused-ring (bicyclic) bond motifs is 2. The summed E-state index contributed by atoms with van der Waals surface area (Å²) in [6, 6.07) is 3.22. The van der Waals surface area contributed by atoms with Gasteiger partial charge < -0.3 is 14.4 Å². The topological polar surface area (TPSA) is 81.8 Å². The molecule has 3 atom stereocenters. The van der Waals surface area contributed by atoms with Crippen LogP contribution < -0.4 is 9.64 Å². The van der Waals surface area contributed by atoms with Crippen LogP contribution in [0.2, 0.25) is 0 Å². The fourth-order valence-electron chi connectivity index (χ4n) is 5.08. The fraction of sp³-hybridized carbons (Fsp3) is 0.455. The molecule has 3 aromatic rings. The number of aromatic nitrogens is 4. The van der Waals surface area contributed by atoms with Gasteiger partial charge in [-0.3, -0.25) is 0 Å². The fourth-order valence-corrected chi connectivity index (χ4v) is 5.08. The number of piperidine rings is 1. The molecular formula is C22H24FN5O3. The maximum atomic E-state index is 14.2. The minimum absolute atomic E-state index is 0.134. The minimum atomic E-state index is -0.458. The van der Waals surface area contributed by atoms with Crippen molar-refractivity contribution in [3.05, 3.63) is 47.7 Å². The average molecular weight is 425 g/mol. The maximum absolute atomic E-state index is 14.2. The molecule has 9 heteroatoms. The lowest BCUT2D eigenvalue weighted by Gasteiger charge is -2.32. The van der Waals surface area contributed by atoms with Gasteiger partial charge in [-0.25, -0.2) is 23.7 Å². The normalized spacial score (nSPS) is 23.6. The molecule has 1 aliphatic heterocycles. The first-order valence-corrected chi connectivity index (χ1v) is 10.3. The summed E-state index contributed by atoms with van der Waals surface area (Å²) in [6.07, 6.45) is 4.40. The van der Waals surface area contributed by atoms with Crippen LogP contribution in [-0.4, -0.2) is 45.8 Å². The van der Waals surface area contributed by atoms with E-state index in [2.05, 4.69) is 28.8 Å². The van der Waals surface area contributed by atoms with Crippen LogP contribution in [0.25, 0.3) is 5.65 Å². The van der Waals surface area contributed by atoms with Gasteiger partial charge >= 0.3 is 5.97 Å². The highest BCUT2D eigenvalue weighted by molar-refractivity contribution is 5.95. The zero-order chi connectivity index (χ0) is 21.9. The van der Waals surface area contributed by atoms with Gasteiger partial charge in [-0.1, -0.05) is 13.8 Å². The molecule has 1 aliphatic carbocycles. The monoisotopic (exact) mass is 425 g/mol. The van der Waals surface area contributed by atoms with Crippen molar-refractivity contribution in [2.24, 2.45) is 17.3 Å². The second kappa shape index (κ2) is 6.90. The van der Waals surface area contributed by atoms with Crippen molar-refractivity contribution in [2.75, 3.05) is 25.2 Å². The summed E-state index contributed by atoms with van der Waals surface area (Å²) < 4.78 is 26.3. The summed E-state index contributed by atoms with van der Waals surface area (Å²) in [7, 11) is 1.54. The lowest BCUT2D eigenvalue weighted by molar-refractivity contribution is 0.0528. The van der Waals surface area contributed by atoms with Gasteiger partial charge in [0.15, 0.2) is 5.65 Å². The predicted molar refractivity (Wildman–Crippen MR) is 111 cm³/mol. The molecule has 4 heterocycles. The van der Waals surface area contributed by atoms with Gasteiger partial charge in [-0.15, -0.1) is 0 Å². The molecule has 1 saturated heterocycles. The Morgan fingerprint density at radius 3 is 2.90 bits per heavy atom. The highest BCUT2D eigenvalue weighted by atomic mass is 19.1. The van der Waals surface area contributed by atoms with Crippen LogP contribution in [0.3, 0.4) is 0 Å². The summed E-state index contributed by atoms with van der Waals surface area (Å²) >= 11 is 0. The van der Waals surface area contributed by atoms with Crippen molar-refractivity contribution in [2.45, 2.75) is 26.8 Å². The molecule has 0 aromatic carbocycles. The number of nitrogens with zero attached hydrogens (tertiary/aromatic N) is 5. The van der Waals surface area contributed by atoms with E-state index in [1.807, 2.05) is 6.07 Å². The molecule has 2 fully saturated rings. The number of carbonyl (C=O) groups is 1. The third kappa shape index (κ3) is 2.94. The Labute approximate surface area is 179 Å². The number of rotatable bonds is 5. The molecule has 3 aromatic heterocycles. The van der Waals surface area contributed by atoms with Crippen molar-refractivity contribution >= 4 is 17.4 Å². The number of hydrogen-bond donors (Lipinski definition) is 0. The van der Waals surface area contributed by atoms with Gasteiger partial charge in [-0.05, 0) is 36.3 Å². The maximum Gasteiger partial charge on any atom is 0.343 e. The summed E-state index contributed by atoms with van der Waals surface area (Å²) in [6.45, 7) is 7.27. The number of carbonyl (C=O) groups excluding carboxylic acids is 1. The average Bonchev–Trinajstić information content (AvgIpc) is 3.13. The van der Waals surface area contributed by atoms with E-state index < -0.39 is 11.8 Å². The van der Waals surface area contributed by atoms with E-state index in [0.29, 0.717) is 40.3 Å². The molecule has 31 heavy (non-hydrogen) atoms. The van der Waals surface area contributed by atoms with E-state index in [1.165, 1.54) is 18.5 Å². The zero-order valence-electron chi connectivity index (χ0n) is 17.9. The van der Waals surface area contributed by atoms with E-state index >= 15 is 0 Å². The third-order valence-electron chi connectivity index (χ3n) is 6.71. The number of halogens is 1. The van der Waals surface area contributed by atoms with Crippen molar-refractivity contribution < 1.29 is 18.7 Å². The van der Waals surface area contributed by atoms with Crippen LogP contribution in [0.15, 0.2) is 30.7 Å². The van der Waals surface area contributed by atoms with Gasteiger partial charge in [0.2, 0.25) is 5.88 Å². The Kier molecular flexibility index (Phi) is 4.39. The Morgan fingerprint density at radius 2 is 2.16 bits per heavy atom. The van der Waals surface area contributed by atoms with Gasteiger partial charge in [0.25, 0.3) is 0 Å². The molecule has 5 rings (SSSR count). The summed E-state index contributed by atoms with van der Waals surface area (Å²) in [5.74, 6) is 1.01. The number of pyridine rings is 1. The zero-order valence-corrected chi connectivity index (χ0v) is 17.9. The predicted octanol–water partition coefficient (Wildman–Crippen LogP) is 3.28. The number of methoxy groups -OCH3 is 1. The largest absolute Gasteiger partial charge is 0.481 e. The number of anilines is 1. The Bertz CT molecular complexity index is 1180. The first-order chi connectivity index (χ1) is 14.9. The number of ether oxygens (including phenoxy) is 2. The van der Waals surface area contributed by atoms with Crippen molar-refractivity contribution in [3.8, 4) is 5.88 Å². The smallest absolute Gasteiger partial charge is 0.343 e. The van der Waals surface area contributed by atoms with E-state index in [4.69, 9.17) is 14.5 Å². The van der Waals surface area contributed by atoms with E-state index in [1.54, 1.807) is 24.7 Å². The SMILES string of the molecule is CCOC(=O)c1cnn2ccc(N3CC4C(C3c3cc(F)cnc3OC)C4(C)C)nc12. The first-order valence-electron chi connectivity index (χ1n) is 10.3. The van der Waals surface area contributed by atoms with Gasteiger partial charge in [0.05, 0.1) is 32.2 Å². The van der Waals surface area contributed by atoms with Crippen LogP contribution in [0, 0.1) is 23.1 Å². The minimum Gasteiger partial charge on any atom is -0.481 e. The second-order valence-electron chi connectivity index (χ2n) is 8.64. The van der Waals surface area contributed by atoms with Crippen molar-refractivity contribution in [1.82, 2.24) is 19.6 Å². The van der Waals surface area contributed by atoms with Gasteiger partial charge in [-0.2, -0.15) is 5.10 Å². The van der Waals surface area contributed by atoms with E-state index in [0.717, 1.165) is 6.54 Å². The molecular weight excluding hydrogens is 401 g/mol. The van der Waals surface area contributed by atoms with Gasteiger partial charge in [0, 0.05) is 18.3 Å². The Morgan fingerprint density at radius 1 is 1.35 bits per heavy atom. The standard InChI is InChI=1S/C22H24FN5O3/c1-5-31-21(29)14-10-25-28-7-6-16(26-19(14)28)27-11-15-17(22(15,2)3)18(27)13-8-12(23)9-24-20(13)30-4/h6-10,15,17-18H,5,11H2,1-4H3. The highest BCUT2D eigenvalue weighted by Gasteiger charge is 2.67. The molecule has 0 amide bonds. The quantitative estimate of drug-likeness (QED) is 0.580. The molecule has 0 bridgehead atoms. The molecule has 0 radical (unpaired) electrons. The lowest BCUT2D eigenvalue weighted by atomic mass is 9.96. The van der Waals surface area contributed by atoms with Crippen molar-refractivity contribution in [1.29, 1.82) is 0 Å². The molecule has 8 nitrogen and oxygen atoms in total. The highest BCUT2D eigenvalue weighted by Crippen LogP contribution is 2.70. The van der Waals surface area contributed by atoms with Crippen LogP contribution in [0.1, 0.15) is 42.7 Å². The second-order valence-corrected chi connectivity index (χ2v) is 8.64.